The average Bonchev–Trinajstić information content (AvgIpc) is 2.67. The Morgan fingerprint density at radius 2 is 1.79 bits per heavy atom. The number of anilines is 1. The molecule has 3 rings (SSSR count). The van der Waals surface area contributed by atoms with E-state index in [1.54, 1.807) is 24.3 Å². The Kier molecular flexibility index (Phi) is 6.15. The zero-order valence-corrected chi connectivity index (χ0v) is 17.4. The lowest BCUT2D eigenvalue weighted by Crippen LogP contribution is -2.24. The number of amides is 1. The fourth-order valence-electron chi connectivity index (χ4n) is 3.07. The largest absolute Gasteiger partial charge is 0.325 e. The van der Waals surface area contributed by atoms with Gasteiger partial charge in [-0.2, -0.15) is 0 Å². The van der Waals surface area contributed by atoms with Crippen LogP contribution in [-0.2, 0) is 4.79 Å². The van der Waals surface area contributed by atoms with Crippen LogP contribution in [0, 0.1) is 13.8 Å². The smallest absolute Gasteiger partial charge is 0.237 e. The van der Waals surface area contributed by atoms with Gasteiger partial charge in [-0.3, -0.25) is 9.59 Å². The van der Waals surface area contributed by atoms with Crippen LogP contribution >= 0.6 is 11.8 Å². The van der Waals surface area contributed by atoms with Crippen LogP contribution < -0.4 is 5.32 Å². The van der Waals surface area contributed by atoms with Gasteiger partial charge >= 0.3 is 0 Å². The van der Waals surface area contributed by atoms with Crippen LogP contribution in [0.2, 0.25) is 0 Å². The first kappa shape index (κ1) is 20.1. The Bertz CT molecular complexity index is 1030. The molecular weight excluding hydrogens is 368 g/mol. The Morgan fingerprint density at radius 3 is 2.43 bits per heavy atom. The highest BCUT2D eigenvalue weighted by atomic mass is 32.2. The number of nitrogens with zero attached hydrogens (tertiary/aromatic N) is 1. The van der Waals surface area contributed by atoms with E-state index in [9.17, 15) is 9.59 Å². The van der Waals surface area contributed by atoms with Crippen molar-refractivity contribution in [2.45, 2.75) is 44.4 Å². The number of fused-ring (bicyclic) bond motifs is 1. The zero-order valence-electron chi connectivity index (χ0n) is 16.6. The van der Waals surface area contributed by atoms with Gasteiger partial charge in [0.25, 0.3) is 0 Å². The first-order valence-corrected chi connectivity index (χ1v) is 10.2. The summed E-state index contributed by atoms with van der Waals surface area (Å²) in [6, 6.07) is 15.2. The normalized spacial score (nSPS) is 12.0. The van der Waals surface area contributed by atoms with E-state index in [4.69, 9.17) is 4.98 Å². The van der Waals surface area contributed by atoms with Crippen LogP contribution in [0.25, 0.3) is 10.9 Å². The molecule has 0 aliphatic rings. The van der Waals surface area contributed by atoms with Crippen LogP contribution in [-0.4, -0.2) is 21.9 Å². The van der Waals surface area contributed by atoms with Crippen LogP contribution in [0.5, 0.6) is 0 Å². The molecule has 0 spiro atoms. The van der Waals surface area contributed by atoms with E-state index >= 15 is 0 Å². The van der Waals surface area contributed by atoms with Gasteiger partial charge in [-0.05, 0) is 68.7 Å². The number of benzene rings is 2. The highest BCUT2D eigenvalue weighted by molar-refractivity contribution is 8.00. The molecule has 144 valence electrons. The summed E-state index contributed by atoms with van der Waals surface area (Å²) in [4.78, 5) is 28.9. The molecule has 0 aliphatic heterocycles. The number of hydrogen-bond acceptors (Lipinski definition) is 4. The Labute approximate surface area is 169 Å². The topological polar surface area (TPSA) is 59.1 Å². The maximum atomic E-state index is 12.8. The van der Waals surface area contributed by atoms with Gasteiger partial charge in [-0.25, -0.2) is 4.98 Å². The third-order valence-corrected chi connectivity index (χ3v) is 5.99. The fraction of sp³-hybridized carbons (Fsp3) is 0.261. The van der Waals surface area contributed by atoms with Crippen LogP contribution in [0.4, 0.5) is 5.69 Å². The van der Waals surface area contributed by atoms with Gasteiger partial charge in [0.1, 0.15) is 0 Å². The molecule has 5 heteroatoms. The summed E-state index contributed by atoms with van der Waals surface area (Å²) in [5.74, 6) is -0.0553. The summed E-state index contributed by atoms with van der Waals surface area (Å²) in [6.45, 7) is 7.65. The third kappa shape index (κ3) is 4.42. The van der Waals surface area contributed by atoms with Gasteiger partial charge in [0.2, 0.25) is 5.91 Å². The van der Waals surface area contributed by atoms with E-state index in [1.807, 2.05) is 19.1 Å². The van der Waals surface area contributed by atoms with E-state index in [-0.39, 0.29) is 16.9 Å². The lowest BCUT2D eigenvalue weighted by molar-refractivity contribution is -0.115. The summed E-state index contributed by atoms with van der Waals surface area (Å²) in [6.07, 6.45) is 0.689. The molecule has 1 heterocycles. The molecule has 0 aliphatic carbocycles. The summed E-state index contributed by atoms with van der Waals surface area (Å²) >= 11 is 1.48. The highest BCUT2D eigenvalue weighted by Crippen LogP contribution is 2.30. The number of Topliss-reactive ketones (excluding diaryl/α,β-unsaturated/α-hetero) is 1. The van der Waals surface area contributed by atoms with Crippen molar-refractivity contribution in [2.75, 3.05) is 5.32 Å². The van der Waals surface area contributed by atoms with Gasteiger partial charge in [0.15, 0.2) is 5.78 Å². The first-order chi connectivity index (χ1) is 13.4. The number of thioether (sulfide) groups is 1. The van der Waals surface area contributed by atoms with Crippen molar-refractivity contribution in [3.8, 4) is 0 Å². The van der Waals surface area contributed by atoms with E-state index < -0.39 is 0 Å². The number of carbonyl (C=O) groups excluding carboxylic acids is 2. The molecular formula is C23H24N2O2S. The van der Waals surface area contributed by atoms with Gasteiger partial charge in [0, 0.05) is 16.6 Å². The number of nitrogens with one attached hydrogen (secondary N) is 1. The number of hydrogen-bond donors (Lipinski definition) is 1. The number of ketones is 1. The molecule has 1 N–H and O–H groups in total. The lowest BCUT2D eigenvalue weighted by atomic mass is 10.1. The van der Waals surface area contributed by atoms with Crippen LogP contribution in [0.15, 0.2) is 53.6 Å². The van der Waals surface area contributed by atoms with Gasteiger partial charge in [0.05, 0.1) is 15.8 Å². The minimum atomic E-state index is -0.249. The predicted molar refractivity (Wildman–Crippen MR) is 116 cm³/mol. The van der Waals surface area contributed by atoms with Crippen LogP contribution in [0.3, 0.4) is 0 Å². The van der Waals surface area contributed by atoms with Gasteiger partial charge in [-0.1, -0.05) is 36.9 Å². The summed E-state index contributed by atoms with van der Waals surface area (Å²) in [7, 11) is 0. The first-order valence-electron chi connectivity index (χ1n) is 9.34. The average molecular weight is 393 g/mol. The standard InChI is InChI=1S/C23H24N2O2S/c1-5-20(23(27)24-18-11-9-17(10-12-18)16(4)26)28-21-13-15(3)19-8-6-7-14(2)22(19)25-21/h6-13,20H,5H2,1-4H3,(H,24,27). The lowest BCUT2D eigenvalue weighted by Gasteiger charge is -2.16. The molecule has 3 aromatic rings. The van der Waals surface area contributed by atoms with Crippen molar-refractivity contribution in [1.29, 1.82) is 0 Å². The number of rotatable bonds is 6. The number of aromatic nitrogens is 1. The molecule has 4 nitrogen and oxygen atoms in total. The number of para-hydroxylation sites is 1. The molecule has 0 saturated heterocycles. The summed E-state index contributed by atoms with van der Waals surface area (Å²) in [5, 5.41) is 4.70. The van der Waals surface area contributed by atoms with Gasteiger partial charge < -0.3 is 5.32 Å². The van der Waals surface area contributed by atoms with E-state index in [0.29, 0.717) is 17.7 Å². The number of aryl methyl sites for hydroxylation is 2. The third-order valence-electron chi connectivity index (χ3n) is 4.71. The maximum absolute atomic E-state index is 12.8. The second kappa shape index (κ2) is 8.57. The van der Waals surface area contributed by atoms with Crippen molar-refractivity contribution in [3.63, 3.8) is 0 Å². The van der Waals surface area contributed by atoms with Crippen molar-refractivity contribution >= 4 is 40.0 Å². The van der Waals surface area contributed by atoms with Crippen molar-refractivity contribution in [1.82, 2.24) is 4.98 Å². The molecule has 0 bridgehead atoms. The van der Waals surface area contributed by atoms with E-state index in [2.05, 4.69) is 31.3 Å². The van der Waals surface area contributed by atoms with E-state index in [1.165, 1.54) is 18.7 Å². The van der Waals surface area contributed by atoms with Gasteiger partial charge in [-0.15, -0.1) is 0 Å². The van der Waals surface area contributed by atoms with Crippen molar-refractivity contribution < 1.29 is 9.59 Å². The summed E-state index contributed by atoms with van der Waals surface area (Å²) < 4.78 is 0. The number of carbonyl (C=O) groups is 2. The summed E-state index contributed by atoms with van der Waals surface area (Å²) in [5.41, 5.74) is 4.59. The van der Waals surface area contributed by atoms with Crippen LogP contribution in [0.1, 0.15) is 41.8 Å². The SMILES string of the molecule is CCC(Sc1cc(C)c2cccc(C)c2n1)C(=O)Nc1ccc(C(C)=O)cc1. The molecule has 1 unspecified atom stereocenters. The number of pyridine rings is 1. The molecule has 1 amide bonds. The second-order valence-corrected chi connectivity index (χ2v) is 8.11. The zero-order chi connectivity index (χ0) is 20.3. The van der Waals surface area contributed by atoms with Crippen molar-refractivity contribution in [3.05, 3.63) is 65.2 Å². The maximum Gasteiger partial charge on any atom is 0.237 e. The fourth-order valence-corrected chi connectivity index (χ4v) is 4.08. The minimum absolute atomic E-state index is 0.00732. The Hall–Kier alpha value is -2.66. The Morgan fingerprint density at radius 1 is 1.07 bits per heavy atom. The van der Waals surface area contributed by atoms with E-state index in [0.717, 1.165) is 27.1 Å². The van der Waals surface area contributed by atoms with Crippen molar-refractivity contribution in [2.24, 2.45) is 0 Å². The Balaban J connectivity index is 1.78. The minimum Gasteiger partial charge on any atom is -0.325 e. The second-order valence-electron chi connectivity index (χ2n) is 6.89. The predicted octanol–water partition coefficient (Wildman–Crippen LogP) is 5.56. The molecule has 2 aromatic carbocycles. The highest BCUT2D eigenvalue weighted by Gasteiger charge is 2.19. The molecule has 0 fully saturated rings. The monoisotopic (exact) mass is 392 g/mol. The molecule has 1 atom stereocenters. The quantitative estimate of drug-likeness (QED) is 0.440. The molecule has 1 aromatic heterocycles. The molecule has 28 heavy (non-hydrogen) atoms. The molecule has 0 radical (unpaired) electrons. The molecule has 0 saturated carbocycles.